The summed E-state index contributed by atoms with van der Waals surface area (Å²) in [4.78, 5) is 11.1. The molecule has 0 aliphatic heterocycles. The molecule has 20 heteroatoms. The number of hydrogen-bond acceptors (Lipinski definition) is 9. The minimum absolute atomic E-state index is 0.0478. The Kier molecular flexibility index (Phi) is 11.3. The summed E-state index contributed by atoms with van der Waals surface area (Å²) in [6.45, 7) is -1.30. The summed E-state index contributed by atoms with van der Waals surface area (Å²) in [6, 6.07) is 13.1. The molecule has 4 aromatic carbocycles. The van der Waals surface area contributed by atoms with Crippen molar-refractivity contribution in [1.29, 1.82) is 0 Å². The van der Waals surface area contributed by atoms with Gasteiger partial charge in [0.05, 0.1) is 22.5 Å². The average molecular weight is 818 g/mol. The van der Waals surface area contributed by atoms with Crippen LogP contribution in [0.3, 0.4) is 0 Å². The molecule has 2 aromatic heterocycles. The predicted octanol–water partition coefficient (Wildman–Crippen LogP) is 12.1. The lowest BCUT2D eigenvalue weighted by Gasteiger charge is -2.20. The van der Waals surface area contributed by atoms with Crippen LogP contribution in [-0.2, 0) is 26.0 Å². The molecule has 0 fully saturated rings. The van der Waals surface area contributed by atoms with Crippen molar-refractivity contribution in [2.24, 2.45) is 0 Å². The maximum absolute atomic E-state index is 14.5. The SMILES string of the molecule is O=[P+](OCN(c1ccc(C(F)(F)F)cc1)c1nc(-c2ccc(F)cc2F)cs1)OCN(c1ccc(C(F)(F)F)cc1)c1nc(-c2ccc(F)cc2F)cs1. The van der Waals surface area contributed by atoms with Gasteiger partial charge in [-0.05, 0) is 72.8 Å². The summed E-state index contributed by atoms with van der Waals surface area (Å²) in [6.07, 6.45) is -9.31. The highest BCUT2D eigenvalue weighted by atomic mass is 32.1. The number of aromatic nitrogens is 2. The quantitative estimate of drug-likeness (QED) is 0.0692. The van der Waals surface area contributed by atoms with E-state index in [0.717, 1.165) is 95.5 Å². The molecule has 0 radical (unpaired) electrons. The van der Waals surface area contributed by atoms with Crippen LogP contribution in [0.25, 0.3) is 22.5 Å². The second-order valence-electron chi connectivity index (χ2n) is 11.0. The van der Waals surface area contributed by atoms with Gasteiger partial charge in [-0.1, -0.05) is 9.05 Å². The molecule has 7 nitrogen and oxygen atoms in total. The zero-order chi connectivity index (χ0) is 38.8. The van der Waals surface area contributed by atoms with E-state index in [1.165, 1.54) is 20.6 Å². The molecule has 2 heterocycles. The Morgan fingerprint density at radius 1 is 0.574 bits per heavy atom. The number of nitrogens with zero attached hydrogens (tertiary/aromatic N) is 4. The second kappa shape index (κ2) is 15.8. The Hall–Kier alpha value is -4.94. The third-order valence-electron chi connectivity index (χ3n) is 7.46. The highest BCUT2D eigenvalue weighted by Gasteiger charge is 2.33. The van der Waals surface area contributed by atoms with E-state index in [4.69, 9.17) is 9.05 Å². The van der Waals surface area contributed by atoms with Crippen LogP contribution in [0.5, 0.6) is 0 Å². The van der Waals surface area contributed by atoms with E-state index in [9.17, 15) is 48.5 Å². The fourth-order valence-electron chi connectivity index (χ4n) is 4.81. The fourth-order valence-corrected chi connectivity index (χ4v) is 6.97. The molecule has 0 aliphatic carbocycles. The highest BCUT2D eigenvalue weighted by molar-refractivity contribution is 7.33. The van der Waals surface area contributed by atoms with Gasteiger partial charge in [0.2, 0.25) is 0 Å². The molecule has 0 amide bonds. The lowest BCUT2D eigenvalue weighted by Crippen LogP contribution is -2.21. The first-order valence-corrected chi connectivity index (χ1v) is 17.9. The van der Waals surface area contributed by atoms with Gasteiger partial charge in [0.25, 0.3) is 0 Å². The zero-order valence-electron chi connectivity index (χ0n) is 26.7. The largest absolute Gasteiger partial charge is 0.701 e. The second-order valence-corrected chi connectivity index (χ2v) is 13.6. The molecule has 0 spiro atoms. The molecular formula is C34H20F10N4O3PS2+. The van der Waals surface area contributed by atoms with E-state index in [-0.39, 0.29) is 44.2 Å². The normalized spacial score (nSPS) is 11.9. The third kappa shape index (κ3) is 9.05. The zero-order valence-corrected chi connectivity index (χ0v) is 29.2. The number of hydrogen-bond donors (Lipinski definition) is 0. The standard InChI is InChI=1S/C34H20F10N4O3PS2/c35-21-5-11-25(27(37)13-21)29-15-53-31(45-29)47(23-7-1-19(2-8-23)33(39,40)41)17-50-52(49)51-18-48(24-9-3-20(4-10-24)34(42,43)44)32-46-30(16-54-32)26-12-6-22(36)14-28(26)38/h1-16H,17-18H2/q+1. The fraction of sp³-hybridized carbons (Fsp3) is 0.118. The molecular weight excluding hydrogens is 797 g/mol. The van der Waals surface area contributed by atoms with Crippen LogP contribution in [0.1, 0.15) is 11.1 Å². The van der Waals surface area contributed by atoms with Crippen molar-refractivity contribution in [1.82, 2.24) is 9.97 Å². The summed E-state index contributed by atoms with van der Waals surface area (Å²) < 4.78 is 160. The van der Waals surface area contributed by atoms with Crippen molar-refractivity contribution in [2.75, 3.05) is 23.3 Å². The van der Waals surface area contributed by atoms with Crippen molar-refractivity contribution >= 4 is 52.6 Å². The van der Waals surface area contributed by atoms with Crippen LogP contribution in [0.15, 0.2) is 95.7 Å². The van der Waals surface area contributed by atoms with Gasteiger partial charge in [0.1, 0.15) is 23.3 Å². The Balaban J connectivity index is 1.24. The molecule has 6 aromatic rings. The lowest BCUT2D eigenvalue weighted by atomic mass is 10.1. The molecule has 280 valence electrons. The Labute approximate surface area is 307 Å². The van der Waals surface area contributed by atoms with Gasteiger partial charge in [-0.25, -0.2) is 27.5 Å². The summed E-state index contributed by atoms with van der Waals surface area (Å²) >= 11 is 1.83. The van der Waals surface area contributed by atoms with Crippen molar-refractivity contribution < 1.29 is 57.5 Å². The number of thiazole rings is 2. The van der Waals surface area contributed by atoms with E-state index in [2.05, 4.69) is 9.97 Å². The topological polar surface area (TPSA) is 67.8 Å². The van der Waals surface area contributed by atoms with Crippen molar-refractivity contribution in [3.8, 4) is 22.5 Å². The van der Waals surface area contributed by atoms with E-state index in [0.29, 0.717) is 12.1 Å². The number of halogens is 10. The Morgan fingerprint density at radius 3 is 1.28 bits per heavy atom. The average Bonchev–Trinajstić information content (AvgIpc) is 3.79. The van der Waals surface area contributed by atoms with Gasteiger partial charge in [-0.2, -0.15) is 26.3 Å². The van der Waals surface area contributed by atoms with E-state index in [1.807, 2.05) is 0 Å². The molecule has 0 saturated carbocycles. The first-order chi connectivity index (χ1) is 25.6. The number of benzene rings is 4. The van der Waals surface area contributed by atoms with Crippen molar-refractivity contribution in [3.63, 3.8) is 0 Å². The van der Waals surface area contributed by atoms with Crippen LogP contribution in [0, 0.1) is 23.3 Å². The summed E-state index contributed by atoms with van der Waals surface area (Å²) in [5, 5.41) is 2.90. The number of alkyl halides is 6. The minimum Gasteiger partial charge on any atom is -0.289 e. The van der Waals surface area contributed by atoms with Crippen molar-refractivity contribution in [3.05, 3.63) is 130 Å². The monoisotopic (exact) mass is 817 g/mol. The third-order valence-corrected chi connectivity index (χ3v) is 9.84. The predicted molar refractivity (Wildman–Crippen MR) is 182 cm³/mol. The minimum atomic E-state index is -4.66. The molecule has 0 saturated heterocycles. The van der Waals surface area contributed by atoms with Gasteiger partial charge >= 0.3 is 20.6 Å². The summed E-state index contributed by atoms with van der Waals surface area (Å²) in [5.41, 5.74) is -1.80. The molecule has 0 bridgehead atoms. The Morgan fingerprint density at radius 2 is 0.944 bits per heavy atom. The van der Waals surface area contributed by atoms with Crippen molar-refractivity contribution in [2.45, 2.75) is 12.4 Å². The van der Waals surface area contributed by atoms with E-state index < -0.39 is 68.5 Å². The van der Waals surface area contributed by atoms with E-state index in [1.54, 1.807) is 0 Å². The van der Waals surface area contributed by atoms with Crippen LogP contribution < -0.4 is 9.80 Å². The molecule has 0 aliphatic rings. The Bertz CT molecular complexity index is 2110. The van der Waals surface area contributed by atoms with E-state index >= 15 is 0 Å². The molecule has 54 heavy (non-hydrogen) atoms. The smallest absolute Gasteiger partial charge is 0.289 e. The van der Waals surface area contributed by atoms with Gasteiger partial charge in [0.15, 0.2) is 23.7 Å². The molecule has 6 rings (SSSR count). The summed E-state index contributed by atoms with van der Waals surface area (Å²) in [7, 11) is -3.09. The number of rotatable bonds is 12. The maximum Gasteiger partial charge on any atom is 0.701 e. The van der Waals surface area contributed by atoms with Gasteiger partial charge < -0.3 is 0 Å². The molecule has 0 atom stereocenters. The number of anilines is 4. The van der Waals surface area contributed by atoms with Crippen LogP contribution >= 0.6 is 30.9 Å². The summed E-state index contributed by atoms with van der Waals surface area (Å²) in [5.74, 6) is -3.50. The van der Waals surface area contributed by atoms with Gasteiger partial charge in [-0.15, -0.1) is 22.7 Å². The molecule has 0 N–H and O–H groups in total. The highest BCUT2D eigenvalue weighted by Crippen LogP contribution is 2.39. The van der Waals surface area contributed by atoms with Gasteiger partial charge in [-0.3, -0.25) is 9.80 Å². The van der Waals surface area contributed by atoms with Crippen LogP contribution in [0.2, 0.25) is 0 Å². The maximum atomic E-state index is 14.5. The van der Waals surface area contributed by atoms with Crippen LogP contribution in [0.4, 0.5) is 65.5 Å². The molecule has 0 unspecified atom stereocenters. The van der Waals surface area contributed by atoms with Crippen LogP contribution in [-0.4, -0.2) is 23.4 Å². The first-order valence-electron chi connectivity index (χ1n) is 15.0. The lowest BCUT2D eigenvalue weighted by molar-refractivity contribution is -0.138. The first kappa shape index (κ1) is 38.8. The van der Waals surface area contributed by atoms with Gasteiger partial charge in [0, 0.05) is 50.0 Å².